The Hall–Kier alpha value is -1.91. The minimum atomic E-state index is 0.406. The topological polar surface area (TPSA) is 54.6 Å². The largest absolute Gasteiger partial charge is 0.322 e. The van der Waals surface area contributed by atoms with Gasteiger partial charge in [0.1, 0.15) is 0 Å². The normalized spacial score (nSPS) is 11.0. The monoisotopic (exact) mass is 177 g/mol. The predicted octanol–water partition coefficient (Wildman–Crippen LogP) is 1.03. The molecule has 0 aliphatic rings. The highest BCUT2D eigenvalue weighted by molar-refractivity contribution is 5.96. The number of nitrogens with one attached hydrogen (secondary N) is 1. The minimum absolute atomic E-state index is 0.406. The van der Waals surface area contributed by atoms with Gasteiger partial charge in [0.05, 0.1) is 11.9 Å². The van der Waals surface area contributed by atoms with Crippen molar-refractivity contribution >= 4 is 18.4 Å². The molecule has 5 nitrogen and oxygen atoms in total. The SMILES string of the molecule is C=CN=C(N=C)Nc1cnn(C)c1. The molecule has 0 atom stereocenters. The van der Waals surface area contributed by atoms with Crippen molar-refractivity contribution in [3.63, 3.8) is 0 Å². The van der Waals surface area contributed by atoms with Crippen LogP contribution in [0.5, 0.6) is 0 Å². The Morgan fingerprint density at radius 2 is 2.54 bits per heavy atom. The van der Waals surface area contributed by atoms with E-state index >= 15 is 0 Å². The van der Waals surface area contributed by atoms with E-state index in [0.717, 1.165) is 5.69 Å². The Morgan fingerprint density at radius 3 is 3.00 bits per heavy atom. The third kappa shape index (κ3) is 2.55. The maximum Gasteiger partial charge on any atom is 0.226 e. The number of aromatic nitrogens is 2. The smallest absolute Gasteiger partial charge is 0.226 e. The lowest BCUT2D eigenvalue weighted by molar-refractivity contribution is 0.768. The van der Waals surface area contributed by atoms with Crippen LogP contribution in [0.1, 0.15) is 0 Å². The Balaban J connectivity index is 2.72. The van der Waals surface area contributed by atoms with Crippen molar-refractivity contribution in [1.82, 2.24) is 9.78 Å². The molecule has 0 fully saturated rings. The first-order chi connectivity index (χ1) is 6.26. The second-order valence-corrected chi connectivity index (χ2v) is 2.32. The summed E-state index contributed by atoms with van der Waals surface area (Å²) in [4.78, 5) is 7.51. The van der Waals surface area contributed by atoms with Crippen molar-refractivity contribution in [1.29, 1.82) is 0 Å². The molecule has 0 aromatic carbocycles. The average Bonchev–Trinajstić information content (AvgIpc) is 2.50. The van der Waals surface area contributed by atoms with E-state index in [9.17, 15) is 0 Å². The highest BCUT2D eigenvalue weighted by atomic mass is 15.3. The standard InChI is InChI=1S/C8H11N5/c1-4-10-8(9-2)12-7-5-11-13(3)6-7/h4-6H,1-2H2,3H3,(H,10,12). The molecule has 0 saturated heterocycles. The molecule has 0 amide bonds. The van der Waals surface area contributed by atoms with Gasteiger partial charge in [0.2, 0.25) is 5.96 Å². The number of aryl methyl sites for hydroxylation is 1. The summed E-state index contributed by atoms with van der Waals surface area (Å²) < 4.78 is 1.68. The van der Waals surface area contributed by atoms with E-state index in [2.05, 4.69) is 33.7 Å². The number of hydrogen-bond acceptors (Lipinski definition) is 2. The third-order valence-electron chi connectivity index (χ3n) is 1.32. The summed E-state index contributed by atoms with van der Waals surface area (Å²) in [7, 11) is 1.83. The van der Waals surface area contributed by atoms with Gasteiger partial charge in [-0.2, -0.15) is 5.10 Å². The van der Waals surface area contributed by atoms with Gasteiger partial charge in [-0.15, -0.1) is 0 Å². The third-order valence-corrected chi connectivity index (χ3v) is 1.32. The molecule has 1 heterocycles. The van der Waals surface area contributed by atoms with Crippen molar-refractivity contribution in [2.75, 3.05) is 5.32 Å². The molecule has 1 aromatic rings. The fourth-order valence-electron chi connectivity index (χ4n) is 0.814. The van der Waals surface area contributed by atoms with Crippen LogP contribution in [0.25, 0.3) is 0 Å². The molecule has 1 N–H and O–H groups in total. The highest BCUT2D eigenvalue weighted by Gasteiger charge is 1.97. The molecule has 0 radical (unpaired) electrons. The highest BCUT2D eigenvalue weighted by Crippen LogP contribution is 2.03. The Kier molecular flexibility index (Phi) is 2.97. The van der Waals surface area contributed by atoms with Crippen molar-refractivity contribution in [3.8, 4) is 0 Å². The maximum absolute atomic E-state index is 3.98. The second-order valence-electron chi connectivity index (χ2n) is 2.32. The zero-order valence-corrected chi connectivity index (χ0v) is 7.44. The van der Waals surface area contributed by atoms with Crippen LogP contribution in [0.4, 0.5) is 5.69 Å². The van der Waals surface area contributed by atoms with Crippen LogP contribution >= 0.6 is 0 Å². The minimum Gasteiger partial charge on any atom is -0.322 e. The quantitative estimate of drug-likeness (QED) is 0.542. The van der Waals surface area contributed by atoms with Gasteiger partial charge in [0.25, 0.3) is 0 Å². The number of hydrogen-bond donors (Lipinski definition) is 1. The first kappa shape index (κ1) is 9.18. The lowest BCUT2D eigenvalue weighted by atomic mass is 10.6. The molecule has 0 bridgehead atoms. The van der Waals surface area contributed by atoms with E-state index in [0.29, 0.717) is 5.96 Å². The van der Waals surface area contributed by atoms with Crippen LogP contribution in [0.2, 0.25) is 0 Å². The van der Waals surface area contributed by atoms with Gasteiger partial charge in [-0.3, -0.25) is 4.68 Å². The van der Waals surface area contributed by atoms with Crippen molar-refractivity contribution in [3.05, 3.63) is 25.2 Å². The van der Waals surface area contributed by atoms with Gasteiger partial charge in [0.15, 0.2) is 0 Å². The van der Waals surface area contributed by atoms with Gasteiger partial charge in [-0.05, 0) is 6.72 Å². The zero-order chi connectivity index (χ0) is 9.68. The van der Waals surface area contributed by atoms with E-state index in [-0.39, 0.29) is 0 Å². The fraction of sp³-hybridized carbons (Fsp3) is 0.125. The van der Waals surface area contributed by atoms with Crippen molar-refractivity contribution in [2.24, 2.45) is 17.0 Å². The molecule has 1 aromatic heterocycles. The van der Waals surface area contributed by atoms with Crippen LogP contribution < -0.4 is 5.32 Å². The summed E-state index contributed by atoms with van der Waals surface area (Å²) in [6.07, 6.45) is 4.88. The van der Waals surface area contributed by atoms with Crippen LogP contribution in [0.3, 0.4) is 0 Å². The number of rotatable bonds is 2. The van der Waals surface area contributed by atoms with Gasteiger partial charge in [-0.1, -0.05) is 6.58 Å². The molecule has 0 aliphatic heterocycles. The first-order valence-corrected chi connectivity index (χ1v) is 3.67. The van der Waals surface area contributed by atoms with Gasteiger partial charge in [-0.25, -0.2) is 9.98 Å². The lowest BCUT2D eigenvalue weighted by Gasteiger charge is -1.98. The van der Waals surface area contributed by atoms with Crippen molar-refractivity contribution < 1.29 is 0 Å². The van der Waals surface area contributed by atoms with Gasteiger partial charge >= 0.3 is 0 Å². The van der Waals surface area contributed by atoms with Crippen molar-refractivity contribution in [2.45, 2.75) is 0 Å². The second kappa shape index (κ2) is 4.20. The van der Waals surface area contributed by atoms with E-state index in [1.807, 2.05) is 13.2 Å². The van der Waals surface area contributed by atoms with E-state index in [4.69, 9.17) is 0 Å². The zero-order valence-electron chi connectivity index (χ0n) is 7.44. The van der Waals surface area contributed by atoms with Gasteiger partial charge in [0, 0.05) is 19.4 Å². The molecule has 0 spiro atoms. The molecule has 1 rings (SSSR count). The average molecular weight is 177 g/mol. The molecule has 5 heteroatoms. The molecule has 0 saturated carbocycles. The van der Waals surface area contributed by atoms with E-state index in [1.165, 1.54) is 6.20 Å². The molecule has 0 aliphatic carbocycles. The summed E-state index contributed by atoms with van der Waals surface area (Å²) in [6, 6.07) is 0. The predicted molar refractivity (Wildman–Crippen MR) is 54.0 cm³/mol. The Morgan fingerprint density at radius 1 is 1.77 bits per heavy atom. The van der Waals surface area contributed by atoms with Crippen LogP contribution in [0.15, 0.2) is 35.2 Å². The fourth-order valence-corrected chi connectivity index (χ4v) is 0.814. The lowest BCUT2D eigenvalue weighted by Crippen LogP contribution is -2.07. The summed E-state index contributed by atoms with van der Waals surface area (Å²) in [5.74, 6) is 0.406. The summed E-state index contributed by atoms with van der Waals surface area (Å²) >= 11 is 0. The Bertz CT molecular complexity index is 336. The van der Waals surface area contributed by atoms with E-state index in [1.54, 1.807) is 10.9 Å². The number of aliphatic imine (C=N–C) groups is 2. The summed E-state index contributed by atoms with van der Waals surface area (Å²) in [5, 5.41) is 6.89. The molecular weight excluding hydrogens is 166 g/mol. The molecular formula is C8H11N5. The maximum atomic E-state index is 3.98. The molecule has 0 unspecified atom stereocenters. The van der Waals surface area contributed by atoms with Crippen LogP contribution in [0, 0.1) is 0 Å². The summed E-state index contributed by atoms with van der Waals surface area (Å²) in [6.45, 7) is 6.82. The van der Waals surface area contributed by atoms with Crippen LogP contribution in [-0.2, 0) is 7.05 Å². The number of guanidine groups is 1. The molecule has 68 valence electrons. The van der Waals surface area contributed by atoms with E-state index < -0.39 is 0 Å². The Labute approximate surface area is 76.5 Å². The van der Waals surface area contributed by atoms with Gasteiger partial charge < -0.3 is 5.32 Å². The number of nitrogens with zero attached hydrogens (tertiary/aromatic N) is 4. The first-order valence-electron chi connectivity index (χ1n) is 3.67. The molecule has 13 heavy (non-hydrogen) atoms. The summed E-state index contributed by atoms with van der Waals surface area (Å²) in [5.41, 5.74) is 0.815. The number of anilines is 1. The van der Waals surface area contributed by atoms with Crippen LogP contribution in [-0.4, -0.2) is 22.5 Å².